The van der Waals surface area contributed by atoms with E-state index in [2.05, 4.69) is 0 Å². The van der Waals surface area contributed by atoms with Crippen molar-refractivity contribution in [1.82, 2.24) is 4.90 Å². The molecule has 2 unspecified atom stereocenters. The van der Waals surface area contributed by atoms with E-state index in [0.717, 1.165) is 11.1 Å². The third kappa shape index (κ3) is 3.26. The van der Waals surface area contributed by atoms with Gasteiger partial charge in [-0.05, 0) is 30.4 Å². The summed E-state index contributed by atoms with van der Waals surface area (Å²) >= 11 is 0. The fourth-order valence-electron chi connectivity index (χ4n) is 3.12. The summed E-state index contributed by atoms with van der Waals surface area (Å²) in [7, 11) is 0. The summed E-state index contributed by atoms with van der Waals surface area (Å²) in [6.07, 6.45) is 0.744. The number of amides is 1. The standard InChI is InChI=1S/C17H23NO3/c1-11(2)10-18-15(19)9-8-14(17(20)21)16(18)13-7-5-4-6-12(13)3/h4-7,11,14,16H,8-10H2,1-3H3,(H,20,21). The third-order valence-electron chi connectivity index (χ3n) is 4.09. The van der Waals surface area contributed by atoms with Gasteiger partial charge in [-0.3, -0.25) is 9.59 Å². The number of nitrogens with zero attached hydrogens (tertiary/aromatic N) is 1. The van der Waals surface area contributed by atoms with E-state index >= 15 is 0 Å². The second kappa shape index (κ2) is 6.29. The summed E-state index contributed by atoms with van der Waals surface area (Å²) in [5.74, 6) is -0.963. The minimum Gasteiger partial charge on any atom is -0.481 e. The topological polar surface area (TPSA) is 57.6 Å². The van der Waals surface area contributed by atoms with Crippen LogP contribution in [0.15, 0.2) is 24.3 Å². The summed E-state index contributed by atoms with van der Waals surface area (Å²) < 4.78 is 0. The molecule has 2 atom stereocenters. The summed E-state index contributed by atoms with van der Waals surface area (Å²) in [6, 6.07) is 7.41. The Morgan fingerprint density at radius 3 is 2.62 bits per heavy atom. The van der Waals surface area contributed by atoms with Crippen LogP contribution in [0, 0.1) is 18.8 Å². The molecule has 0 radical (unpaired) electrons. The highest BCUT2D eigenvalue weighted by atomic mass is 16.4. The second-order valence-corrected chi connectivity index (χ2v) is 6.22. The minimum atomic E-state index is -0.815. The van der Waals surface area contributed by atoms with E-state index in [1.807, 2.05) is 45.0 Å². The van der Waals surface area contributed by atoms with E-state index in [1.54, 1.807) is 4.90 Å². The van der Waals surface area contributed by atoms with Crippen molar-refractivity contribution in [2.45, 2.75) is 39.7 Å². The second-order valence-electron chi connectivity index (χ2n) is 6.22. The molecule has 0 aliphatic carbocycles. The molecular formula is C17H23NO3. The molecule has 1 aromatic carbocycles. The van der Waals surface area contributed by atoms with Gasteiger partial charge in [0, 0.05) is 13.0 Å². The van der Waals surface area contributed by atoms with E-state index in [-0.39, 0.29) is 11.9 Å². The summed E-state index contributed by atoms with van der Waals surface area (Å²) in [5, 5.41) is 9.56. The lowest BCUT2D eigenvalue weighted by molar-refractivity contribution is -0.152. The Morgan fingerprint density at radius 2 is 2.05 bits per heavy atom. The quantitative estimate of drug-likeness (QED) is 0.927. The van der Waals surface area contributed by atoms with Gasteiger partial charge in [-0.25, -0.2) is 0 Å². The maximum absolute atomic E-state index is 12.3. The van der Waals surface area contributed by atoms with Crippen molar-refractivity contribution in [2.75, 3.05) is 6.54 Å². The Morgan fingerprint density at radius 1 is 1.38 bits per heavy atom. The highest BCUT2D eigenvalue weighted by molar-refractivity contribution is 5.82. The molecule has 4 heteroatoms. The maximum Gasteiger partial charge on any atom is 0.308 e. The van der Waals surface area contributed by atoms with Gasteiger partial charge in [0.1, 0.15) is 0 Å². The molecule has 1 aliphatic heterocycles. The van der Waals surface area contributed by atoms with Crippen molar-refractivity contribution in [3.05, 3.63) is 35.4 Å². The lowest BCUT2D eigenvalue weighted by atomic mass is 9.82. The molecule has 1 amide bonds. The Balaban J connectivity index is 2.46. The van der Waals surface area contributed by atoms with E-state index in [9.17, 15) is 14.7 Å². The van der Waals surface area contributed by atoms with Crippen molar-refractivity contribution in [2.24, 2.45) is 11.8 Å². The van der Waals surface area contributed by atoms with Crippen molar-refractivity contribution in [3.8, 4) is 0 Å². The van der Waals surface area contributed by atoms with E-state index < -0.39 is 11.9 Å². The summed E-state index contributed by atoms with van der Waals surface area (Å²) in [4.78, 5) is 25.7. The molecule has 1 saturated heterocycles. The number of carbonyl (C=O) groups is 2. The highest BCUT2D eigenvalue weighted by Crippen LogP contribution is 2.38. The minimum absolute atomic E-state index is 0.0643. The normalized spacial score (nSPS) is 22.7. The van der Waals surface area contributed by atoms with Crippen molar-refractivity contribution >= 4 is 11.9 Å². The number of benzene rings is 1. The van der Waals surface area contributed by atoms with Gasteiger partial charge in [-0.2, -0.15) is 0 Å². The first-order chi connectivity index (χ1) is 9.91. The van der Waals surface area contributed by atoms with E-state index in [0.29, 0.717) is 25.3 Å². The molecule has 1 heterocycles. The van der Waals surface area contributed by atoms with Crippen LogP contribution in [0.25, 0.3) is 0 Å². The van der Waals surface area contributed by atoms with Gasteiger partial charge in [0.2, 0.25) is 5.91 Å². The number of likely N-dealkylation sites (tertiary alicyclic amines) is 1. The van der Waals surface area contributed by atoms with Crippen LogP contribution < -0.4 is 0 Å². The Kier molecular flexibility index (Phi) is 4.66. The van der Waals surface area contributed by atoms with Crippen LogP contribution in [0.2, 0.25) is 0 Å². The van der Waals surface area contributed by atoms with Gasteiger partial charge in [-0.15, -0.1) is 0 Å². The van der Waals surface area contributed by atoms with Gasteiger partial charge in [0.15, 0.2) is 0 Å². The molecule has 0 bridgehead atoms. The number of aryl methyl sites for hydroxylation is 1. The highest BCUT2D eigenvalue weighted by Gasteiger charge is 2.41. The monoisotopic (exact) mass is 289 g/mol. The molecular weight excluding hydrogens is 266 g/mol. The number of carbonyl (C=O) groups excluding carboxylic acids is 1. The molecule has 0 aromatic heterocycles. The first kappa shape index (κ1) is 15.5. The van der Waals surface area contributed by atoms with Gasteiger partial charge in [0.25, 0.3) is 0 Å². The number of hydrogen-bond acceptors (Lipinski definition) is 2. The molecule has 2 rings (SSSR count). The average Bonchev–Trinajstić information content (AvgIpc) is 2.41. The zero-order valence-electron chi connectivity index (χ0n) is 12.9. The van der Waals surface area contributed by atoms with Gasteiger partial charge < -0.3 is 10.0 Å². The molecule has 1 aliphatic rings. The van der Waals surface area contributed by atoms with Crippen LogP contribution >= 0.6 is 0 Å². The smallest absolute Gasteiger partial charge is 0.308 e. The lowest BCUT2D eigenvalue weighted by Gasteiger charge is -2.41. The zero-order valence-corrected chi connectivity index (χ0v) is 12.9. The van der Waals surface area contributed by atoms with Crippen molar-refractivity contribution < 1.29 is 14.7 Å². The fourth-order valence-corrected chi connectivity index (χ4v) is 3.12. The molecule has 4 nitrogen and oxygen atoms in total. The van der Waals surface area contributed by atoms with Crippen LogP contribution in [-0.2, 0) is 9.59 Å². The number of aliphatic carboxylic acids is 1. The first-order valence-electron chi connectivity index (χ1n) is 7.49. The Hall–Kier alpha value is -1.84. The Bertz CT molecular complexity index is 539. The molecule has 1 aromatic rings. The molecule has 0 saturated carbocycles. The SMILES string of the molecule is Cc1ccccc1C1C(C(=O)O)CCC(=O)N1CC(C)C. The Labute approximate surface area is 125 Å². The van der Waals surface area contributed by atoms with Crippen molar-refractivity contribution in [1.29, 1.82) is 0 Å². The van der Waals surface area contributed by atoms with Crippen molar-refractivity contribution in [3.63, 3.8) is 0 Å². The van der Waals surface area contributed by atoms with Gasteiger partial charge >= 0.3 is 5.97 Å². The summed E-state index contributed by atoms with van der Waals surface area (Å²) in [5.41, 5.74) is 2.00. The average molecular weight is 289 g/mol. The van der Waals surface area contributed by atoms with Crippen LogP contribution in [0.3, 0.4) is 0 Å². The molecule has 1 N–H and O–H groups in total. The number of carboxylic acids is 1. The summed E-state index contributed by atoms with van der Waals surface area (Å²) in [6.45, 7) is 6.67. The third-order valence-corrected chi connectivity index (χ3v) is 4.09. The molecule has 21 heavy (non-hydrogen) atoms. The number of carboxylic acid groups (broad SMARTS) is 1. The van der Waals surface area contributed by atoms with Crippen LogP contribution in [0.5, 0.6) is 0 Å². The van der Waals surface area contributed by atoms with Gasteiger partial charge in [-0.1, -0.05) is 38.1 Å². The molecule has 1 fully saturated rings. The maximum atomic E-state index is 12.3. The largest absolute Gasteiger partial charge is 0.481 e. The zero-order chi connectivity index (χ0) is 15.6. The van der Waals surface area contributed by atoms with Gasteiger partial charge in [0.05, 0.1) is 12.0 Å². The molecule has 0 spiro atoms. The number of piperidine rings is 1. The van der Waals surface area contributed by atoms with E-state index in [1.165, 1.54) is 0 Å². The molecule has 114 valence electrons. The number of rotatable bonds is 4. The predicted molar refractivity (Wildman–Crippen MR) is 80.8 cm³/mol. The lowest BCUT2D eigenvalue weighted by Crippen LogP contribution is -2.47. The van der Waals surface area contributed by atoms with Crippen LogP contribution in [-0.4, -0.2) is 28.4 Å². The fraction of sp³-hybridized carbons (Fsp3) is 0.529. The van der Waals surface area contributed by atoms with Crippen LogP contribution in [0.1, 0.15) is 43.9 Å². The van der Waals surface area contributed by atoms with Crippen LogP contribution in [0.4, 0.5) is 0 Å². The predicted octanol–water partition coefficient (Wildman–Crippen LogP) is 3.02. The van der Waals surface area contributed by atoms with E-state index in [4.69, 9.17) is 0 Å². The first-order valence-corrected chi connectivity index (χ1v) is 7.49. The number of hydrogen-bond donors (Lipinski definition) is 1.